The highest BCUT2D eigenvalue weighted by Crippen LogP contribution is 2.27. The van der Waals surface area contributed by atoms with Crippen LogP contribution in [0.3, 0.4) is 0 Å². The zero-order valence-corrected chi connectivity index (χ0v) is 15.9. The minimum atomic E-state index is -3.92. The first-order valence-electron chi connectivity index (χ1n) is 8.03. The molecule has 0 bridgehead atoms. The molecule has 0 fully saturated rings. The summed E-state index contributed by atoms with van der Waals surface area (Å²) in [6, 6.07) is 4.40. The van der Waals surface area contributed by atoms with Crippen LogP contribution in [0.2, 0.25) is 0 Å². The Kier molecular flexibility index (Phi) is 5.82. The van der Waals surface area contributed by atoms with E-state index in [1.165, 1.54) is 19.1 Å². The van der Waals surface area contributed by atoms with Gasteiger partial charge >= 0.3 is 15.7 Å². The van der Waals surface area contributed by atoms with Crippen LogP contribution < -0.4 is 15.5 Å². The molecule has 7 nitrogen and oxygen atoms in total. The molecule has 1 aromatic heterocycles. The molecule has 0 saturated heterocycles. The monoisotopic (exact) mass is 383 g/mol. The predicted octanol–water partition coefficient (Wildman–Crippen LogP) is 1.81. The summed E-state index contributed by atoms with van der Waals surface area (Å²) >= 11 is 0. The molecule has 26 heavy (non-hydrogen) atoms. The SMILES string of the molecule is Cc1c(-c2ccc(CN)c(F)c2)nn(CC(C)C)c(=O)c1OS(C)(=O)=O. The lowest BCUT2D eigenvalue weighted by atomic mass is 10.0. The Labute approximate surface area is 151 Å². The largest absolute Gasteiger partial charge is 0.376 e. The quantitative estimate of drug-likeness (QED) is 0.763. The molecule has 2 aromatic rings. The van der Waals surface area contributed by atoms with Gasteiger partial charge in [-0.2, -0.15) is 13.5 Å². The van der Waals surface area contributed by atoms with Gasteiger partial charge in [0, 0.05) is 29.8 Å². The molecule has 0 saturated carbocycles. The molecule has 2 N–H and O–H groups in total. The minimum absolute atomic E-state index is 0.0494. The third-order valence-electron chi connectivity index (χ3n) is 3.66. The van der Waals surface area contributed by atoms with E-state index in [1.54, 1.807) is 6.07 Å². The van der Waals surface area contributed by atoms with Gasteiger partial charge in [0.1, 0.15) is 5.82 Å². The molecular weight excluding hydrogens is 361 g/mol. The number of nitrogens with zero attached hydrogens (tertiary/aromatic N) is 2. The van der Waals surface area contributed by atoms with Crippen LogP contribution in [0.4, 0.5) is 4.39 Å². The van der Waals surface area contributed by atoms with Gasteiger partial charge in [0.2, 0.25) is 5.75 Å². The van der Waals surface area contributed by atoms with Crippen LogP contribution in [0, 0.1) is 18.7 Å². The Morgan fingerprint density at radius 1 is 1.35 bits per heavy atom. The second kappa shape index (κ2) is 7.55. The molecule has 0 aliphatic rings. The fraction of sp³-hybridized carbons (Fsp3) is 0.412. The van der Waals surface area contributed by atoms with Crippen LogP contribution in [-0.4, -0.2) is 24.5 Å². The Balaban J connectivity index is 2.74. The summed E-state index contributed by atoms with van der Waals surface area (Å²) in [7, 11) is -3.92. The summed E-state index contributed by atoms with van der Waals surface area (Å²) in [6.07, 6.45) is 0.856. The Hall–Kier alpha value is -2.26. The zero-order valence-electron chi connectivity index (χ0n) is 15.1. The molecule has 2 rings (SSSR count). The van der Waals surface area contributed by atoms with Crippen LogP contribution in [-0.2, 0) is 23.2 Å². The van der Waals surface area contributed by atoms with Crippen molar-refractivity contribution in [2.24, 2.45) is 11.7 Å². The van der Waals surface area contributed by atoms with Crippen molar-refractivity contribution < 1.29 is 17.0 Å². The lowest BCUT2D eigenvalue weighted by Crippen LogP contribution is -2.29. The van der Waals surface area contributed by atoms with Crippen LogP contribution in [0.15, 0.2) is 23.0 Å². The van der Waals surface area contributed by atoms with Gasteiger partial charge in [0.15, 0.2) is 0 Å². The number of nitrogens with two attached hydrogens (primary N) is 1. The molecule has 1 heterocycles. The van der Waals surface area contributed by atoms with Crippen molar-refractivity contribution in [3.63, 3.8) is 0 Å². The molecule has 142 valence electrons. The molecule has 0 amide bonds. The van der Waals surface area contributed by atoms with Crippen molar-refractivity contribution in [1.82, 2.24) is 9.78 Å². The van der Waals surface area contributed by atoms with E-state index >= 15 is 0 Å². The maximum Gasteiger partial charge on any atom is 0.311 e. The number of hydrogen-bond acceptors (Lipinski definition) is 6. The van der Waals surface area contributed by atoms with Crippen molar-refractivity contribution in [3.05, 3.63) is 45.5 Å². The fourth-order valence-electron chi connectivity index (χ4n) is 2.48. The van der Waals surface area contributed by atoms with E-state index in [0.717, 1.165) is 10.9 Å². The highest BCUT2D eigenvalue weighted by Gasteiger charge is 2.21. The first-order chi connectivity index (χ1) is 12.0. The van der Waals surface area contributed by atoms with E-state index in [9.17, 15) is 17.6 Å². The molecule has 1 aromatic carbocycles. The van der Waals surface area contributed by atoms with Gasteiger partial charge in [-0.05, 0) is 18.9 Å². The Morgan fingerprint density at radius 2 is 2.00 bits per heavy atom. The predicted molar refractivity (Wildman–Crippen MR) is 96.8 cm³/mol. The van der Waals surface area contributed by atoms with Crippen molar-refractivity contribution in [3.8, 4) is 17.0 Å². The fourth-order valence-corrected chi connectivity index (χ4v) is 2.98. The molecule has 0 aliphatic carbocycles. The summed E-state index contributed by atoms with van der Waals surface area (Å²) < 4.78 is 43.3. The topological polar surface area (TPSA) is 104 Å². The Bertz CT molecular complexity index is 984. The molecule has 0 radical (unpaired) electrons. The van der Waals surface area contributed by atoms with E-state index in [-0.39, 0.29) is 36.0 Å². The number of halogens is 1. The van der Waals surface area contributed by atoms with E-state index < -0.39 is 21.5 Å². The van der Waals surface area contributed by atoms with Crippen LogP contribution in [0.1, 0.15) is 25.0 Å². The second-order valence-electron chi connectivity index (χ2n) is 6.48. The van der Waals surface area contributed by atoms with Crippen molar-refractivity contribution in [2.75, 3.05) is 6.26 Å². The smallest absolute Gasteiger partial charge is 0.311 e. The maximum absolute atomic E-state index is 14.1. The number of hydrogen-bond donors (Lipinski definition) is 1. The van der Waals surface area contributed by atoms with Crippen LogP contribution in [0.25, 0.3) is 11.3 Å². The van der Waals surface area contributed by atoms with Gasteiger partial charge in [0.25, 0.3) is 0 Å². The summed E-state index contributed by atoms with van der Waals surface area (Å²) in [5.41, 5.74) is 6.06. The first-order valence-corrected chi connectivity index (χ1v) is 9.85. The highest BCUT2D eigenvalue weighted by atomic mass is 32.2. The molecule has 9 heteroatoms. The van der Waals surface area contributed by atoms with E-state index in [0.29, 0.717) is 11.1 Å². The van der Waals surface area contributed by atoms with Crippen LogP contribution >= 0.6 is 0 Å². The molecule has 0 aliphatic heterocycles. The second-order valence-corrected chi connectivity index (χ2v) is 8.06. The summed E-state index contributed by atoms with van der Waals surface area (Å²) in [5, 5.41) is 4.30. The molecule has 0 spiro atoms. The molecular formula is C17H22FN3O4S. The van der Waals surface area contributed by atoms with Crippen molar-refractivity contribution in [2.45, 2.75) is 33.9 Å². The third kappa shape index (κ3) is 4.47. The van der Waals surface area contributed by atoms with E-state index in [1.807, 2.05) is 13.8 Å². The van der Waals surface area contributed by atoms with E-state index in [2.05, 4.69) is 5.10 Å². The normalized spacial score (nSPS) is 11.8. The van der Waals surface area contributed by atoms with Gasteiger partial charge in [0.05, 0.1) is 11.9 Å². The van der Waals surface area contributed by atoms with Gasteiger partial charge in [-0.25, -0.2) is 9.07 Å². The van der Waals surface area contributed by atoms with Crippen molar-refractivity contribution in [1.29, 1.82) is 0 Å². The molecule has 0 unspecified atom stereocenters. The minimum Gasteiger partial charge on any atom is -0.376 e. The lowest BCUT2D eigenvalue weighted by molar-refractivity contribution is 0.440. The highest BCUT2D eigenvalue weighted by molar-refractivity contribution is 7.86. The summed E-state index contributed by atoms with van der Waals surface area (Å²) in [6.45, 7) is 5.60. The third-order valence-corrected chi connectivity index (χ3v) is 4.13. The summed E-state index contributed by atoms with van der Waals surface area (Å²) in [5.74, 6) is -0.752. The number of benzene rings is 1. The van der Waals surface area contributed by atoms with Gasteiger partial charge < -0.3 is 9.92 Å². The van der Waals surface area contributed by atoms with Gasteiger partial charge in [-0.3, -0.25) is 4.79 Å². The van der Waals surface area contributed by atoms with E-state index in [4.69, 9.17) is 9.92 Å². The molecule has 0 atom stereocenters. The zero-order chi connectivity index (χ0) is 19.6. The maximum atomic E-state index is 14.1. The lowest BCUT2D eigenvalue weighted by Gasteiger charge is -2.15. The Morgan fingerprint density at radius 3 is 2.50 bits per heavy atom. The average Bonchev–Trinajstić information content (AvgIpc) is 2.52. The standard InChI is InChI=1S/C17H22FN3O4S/c1-10(2)9-21-17(22)16(25-26(4,23)24)11(3)15(20-21)12-5-6-13(8-19)14(18)7-12/h5-7,10H,8-9,19H2,1-4H3. The number of aromatic nitrogens is 2. The first kappa shape index (κ1) is 20.1. The van der Waals surface area contributed by atoms with Crippen LogP contribution in [0.5, 0.6) is 5.75 Å². The van der Waals surface area contributed by atoms with Crippen molar-refractivity contribution >= 4 is 10.1 Å². The van der Waals surface area contributed by atoms with Gasteiger partial charge in [-0.1, -0.05) is 26.0 Å². The number of rotatable bonds is 6. The van der Waals surface area contributed by atoms with Gasteiger partial charge in [-0.15, -0.1) is 0 Å². The average molecular weight is 383 g/mol. The summed E-state index contributed by atoms with van der Waals surface area (Å²) in [4.78, 5) is 12.6.